The van der Waals surface area contributed by atoms with E-state index in [4.69, 9.17) is 4.42 Å². The van der Waals surface area contributed by atoms with Crippen molar-refractivity contribution >= 4 is 11.6 Å². The number of amides is 1. The third-order valence-corrected chi connectivity index (χ3v) is 3.28. The number of halogens is 1. The number of carbonyl (C=O) groups is 1. The number of para-hydroxylation sites is 1. The Morgan fingerprint density at radius 1 is 1.37 bits per heavy atom. The van der Waals surface area contributed by atoms with Gasteiger partial charge in [0, 0.05) is 11.8 Å². The number of phenolic OH excluding ortho intramolecular Hbond substituents is 1. The Bertz CT molecular complexity index is 589. The first-order valence-electron chi connectivity index (χ1n) is 5.98. The molecule has 1 saturated carbocycles. The van der Waals surface area contributed by atoms with Crippen LogP contribution in [0.25, 0.3) is 0 Å². The van der Waals surface area contributed by atoms with Crippen LogP contribution in [0.5, 0.6) is 5.75 Å². The van der Waals surface area contributed by atoms with E-state index in [0.29, 0.717) is 6.42 Å². The Kier molecular flexibility index (Phi) is 2.74. The third-order valence-electron chi connectivity index (χ3n) is 3.28. The lowest BCUT2D eigenvalue weighted by molar-refractivity contribution is -0.117. The summed E-state index contributed by atoms with van der Waals surface area (Å²) in [5, 5.41) is 11.9. The van der Waals surface area contributed by atoms with Crippen molar-refractivity contribution < 1.29 is 18.7 Å². The summed E-state index contributed by atoms with van der Waals surface area (Å²) in [6, 6.07) is 7.48. The zero-order chi connectivity index (χ0) is 13.4. The van der Waals surface area contributed by atoms with Crippen molar-refractivity contribution in [3.8, 4) is 5.75 Å². The minimum absolute atomic E-state index is 0.0453. The summed E-state index contributed by atoms with van der Waals surface area (Å²) in [6.45, 7) is 0. The van der Waals surface area contributed by atoms with Gasteiger partial charge in [0.25, 0.3) is 0 Å². The molecule has 1 aromatic heterocycles. The van der Waals surface area contributed by atoms with Gasteiger partial charge in [0.05, 0.1) is 6.26 Å². The third kappa shape index (κ3) is 2.19. The summed E-state index contributed by atoms with van der Waals surface area (Å²) in [6.07, 6.45) is 2.24. The molecule has 2 N–H and O–H groups in total. The molecule has 2 aromatic rings. The highest BCUT2D eigenvalue weighted by Gasteiger charge is 2.46. The van der Waals surface area contributed by atoms with Gasteiger partial charge in [0.2, 0.25) is 5.91 Å². The van der Waals surface area contributed by atoms with Gasteiger partial charge < -0.3 is 14.8 Å². The van der Waals surface area contributed by atoms with Crippen molar-refractivity contribution in [2.24, 2.45) is 5.92 Å². The van der Waals surface area contributed by atoms with Gasteiger partial charge in [-0.25, -0.2) is 4.39 Å². The molecule has 4 nitrogen and oxygen atoms in total. The first kappa shape index (κ1) is 11.8. The summed E-state index contributed by atoms with van der Waals surface area (Å²) >= 11 is 0. The van der Waals surface area contributed by atoms with Crippen LogP contribution in [-0.2, 0) is 4.79 Å². The van der Waals surface area contributed by atoms with E-state index < -0.39 is 5.82 Å². The van der Waals surface area contributed by atoms with E-state index in [1.165, 1.54) is 18.2 Å². The van der Waals surface area contributed by atoms with Crippen molar-refractivity contribution in [1.82, 2.24) is 0 Å². The summed E-state index contributed by atoms with van der Waals surface area (Å²) in [5.41, 5.74) is -0.169. The van der Waals surface area contributed by atoms with E-state index in [9.17, 15) is 14.3 Å². The second-order valence-corrected chi connectivity index (χ2v) is 4.59. The Morgan fingerprint density at radius 3 is 2.89 bits per heavy atom. The van der Waals surface area contributed by atoms with Crippen molar-refractivity contribution in [3.63, 3.8) is 0 Å². The van der Waals surface area contributed by atoms with E-state index >= 15 is 0 Å². The van der Waals surface area contributed by atoms with Crippen LogP contribution in [0.1, 0.15) is 18.1 Å². The monoisotopic (exact) mass is 261 g/mol. The Hall–Kier alpha value is -2.30. The summed E-state index contributed by atoms with van der Waals surface area (Å²) in [5.74, 6) is -0.652. The molecule has 0 bridgehead atoms. The highest BCUT2D eigenvalue weighted by Crippen LogP contribution is 2.48. The van der Waals surface area contributed by atoms with Gasteiger partial charge in [-0.05, 0) is 30.7 Å². The second kappa shape index (κ2) is 4.42. The van der Waals surface area contributed by atoms with Crippen LogP contribution in [0.15, 0.2) is 41.0 Å². The maximum Gasteiger partial charge on any atom is 0.228 e. The molecule has 0 aliphatic heterocycles. The quantitative estimate of drug-likeness (QED) is 0.835. The summed E-state index contributed by atoms with van der Waals surface area (Å²) in [4.78, 5) is 12.0. The van der Waals surface area contributed by atoms with Crippen LogP contribution in [0.4, 0.5) is 10.1 Å². The van der Waals surface area contributed by atoms with Gasteiger partial charge in [-0.2, -0.15) is 0 Å². The van der Waals surface area contributed by atoms with Crippen LogP contribution >= 0.6 is 0 Å². The predicted octanol–water partition coefficient (Wildman–Crippen LogP) is 2.87. The molecule has 3 rings (SSSR count). The fourth-order valence-corrected chi connectivity index (χ4v) is 2.15. The van der Waals surface area contributed by atoms with E-state index in [-0.39, 0.29) is 29.2 Å². The molecule has 1 heterocycles. The number of furan rings is 1. The minimum atomic E-state index is -0.649. The number of anilines is 1. The smallest absolute Gasteiger partial charge is 0.228 e. The fraction of sp³-hybridized carbons (Fsp3) is 0.214. The topological polar surface area (TPSA) is 62.5 Å². The molecule has 2 unspecified atom stereocenters. The zero-order valence-corrected chi connectivity index (χ0v) is 9.97. The normalized spacial score (nSPS) is 21.1. The fourth-order valence-electron chi connectivity index (χ4n) is 2.15. The predicted molar refractivity (Wildman–Crippen MR) is 66.3 cm³/mol. The second-order valence-electron chi connectivity index (χ2n) is 4.59. The SMILES string of the molecule is O=C(Nc1c(O)cccc1F)C1CC1c1ccco1. The lowest BCUT2D eigenvalue weighted by Gasteiger charge is -2.07. The van der Waals surface area contributed by atoms with Gasteiger partial charge in [-0.3, -0.25) is 4.79 Å². The molecule has 1 fully saturated rings. The average molecular weight is 261 g/mol. The number of carbonyl (C=O) groups excluding carboxylic acids is 1. The standard InChI is InChI=1S/C14H12FNO3/c15-10-3-1-4-11(17)13(10)16-14(18)9-7-8(9)12-5-2-6-19-12/h1-6,8-9,17H,7H2,(H,16,18). The maximum absolute atomic E-state index is 13.5. The molecule has 1 aliphatic carbocycles. The number of aromatic hydroxyl groups is 1. The average Bonchev–Trinajstić information content (AvgIpc) is 3.00. The van der Waals surface area contributed by atoms with E-state index in [1.54, 1.807) is 12.3 Å². The Balaban J connectivity index is 1.70. The van der Waals surface area contributed by atoms with Gasteiger partial charge in [0.1, 0.15) is 17.2 Å². The number of hydrogen-bond acceptors (Lipinski definition) is 3. The molecule has 98 valence electrons. The first-order chi connectivity index (χ1) is 9.16. The molecule has 2 atom stereocenters. The van der Waals surface area contributed by atoms with Crippen LogP contribution in [-0.4, -0.2) is 11.0 Å². The number of nitrogens with one attached hydrogen (secondary N) is 1. The minimum Gasteiger partial charge on any atom is -0.506 e. The van der Waals surface area contributed by atoms with Crippen molar-refractivity contribution in [2.45, 2.75) is 12.3 Å². The largest absolute Gasteiger partial charge is 0.506 e. The van der Waals surface area contributed by atoms with E-state index in [2.05, 4.69) is 5.32 Å². The van der Waals surface area contributed by atoms with Crippen LogP contribution in [0.2, 0.25) is 0 Å². The van der Waals surface area contributed by atoms with Crippen LogP contribution < -0.4 is 5.32 Å². The molecule has 5 heteroatoms. The summed E-state index contributed by atoms with van der Waals surface area (Å²) in [7, 11) is 0. The molecule has 1 amide bonds. The van der Waals surface area contributed by atoms with Crippen molar-refractivity contribution in [1.29, 1.82) is 0 Å². The lowest BCUT2D eigenvalue weighted by Crippen LogP contribution is -2.15. The van der Waals surface area contributed by atoms with Gasteiger partial charge in [-0.1, -0.05) is 6.07 Å². The molecule has 0 spiro atoms. The van der Waals surface area contributed by atoms with Gasteiger partial charge in [-0.15, -0.1) is 0 Å². The van der Waals surface area contributed by atoms with Crippen molar-refractivity contribution in [3.05, 3.63) is 48.2 Å². The molecule has 19 heavy (non-hydrogen) atoms. The number of benzene rings is 1. The number of phenols is 1. The lowest BCUT2D eigenvalue weighted by atomic mass is 10.2. The van der Waals surface area contributed by atoms with Gasteiger partial charge in [0.15, 0.2) is 5.82 Å². The summed E-state index contributed by atoms with van der Waals surface area (Å²) < 4.78 is 18.7. The van der Waals surface area contributed by atoms with Crippen molar-refractivity contribution in [2.75, 3.05) is 5.32 Å². The molecule has 1 aromatic carbocycles. The highest BCUT2D eigenvalue weighted by molar-refractivity contribution is 5.96. The molecule has 1 aliphatic rings. The van der Waals surface area contributed by atoms with Gasteiger partial charge >= 0.3 is 0 Å². The molecular formula is C14H12FNO3. The van der Waals surface area contributed by atoms with E-state index in [0.717, 1.165) is 5.76 Å². The van der Waals surface area contributed by atoms with E-state index in [1.807, 2.05) is 6.07 Å². The number of rotatable bonds is 3. The van der Waals surface area contributed by atoms with Crippen LogP contribution in [0, 0.1) is 11.7 Å². The molecule has 0 saturated heterocycles. The number of hydrogen-bond donors (Lipinski definition) is 2. The molecular weight excluding hydrogens is 249 g/mol. The van der Waals surface area contributed by atoms with Crippen LogP contribution in [0.3, 0.4) is 0 Å². The zero-order valence-electron chi connectivity index (χ0n) is 9.97. The maximum atomic E-state index is 13.5. The highest BCUT2D eigenvalue weighted by atomic mass is 19.1. The molecule has 0 radical (unpaired) electrons. The first-order valence-corrected chi connectivity index (χ1v) is 5.98. The Morgan fingerprint density at radius 2 is 2.21 bits per heavy atom. The Labute approximate surface area is 108 Å².